The van der Waals surface area contributed by atoms with E-state index in [1.165, 1.54) is 18.3 Å². The van der Waals surface area contributed by atoms with Crippen LogP contribution in [0.15, 0.2) is 60.7 Å². The largest absolute Gasteiger partial charge is 0.444 e. The lowest BCUT2D eigenvalue weighted by atomic mass is 10.1. The summed E-state index contributed by atoms with van der Waals surface area (Å²) in [4.78, 5) is 39.1. The Bertz CT molecular complexity index is 1060. The van der Waals surface area contributed by atoms with Crippen molar-refractivity contribution >= 4 is 34.7 Å². The molecule has 0 aliphatic rings. The number of benzene rings is 2. The Hall–Kier alpha value is -3.25. The van der Waals surface area contributed by atoms with E-state index in [1.54, 1.807) is 54.6 Å². The molecule has 2 aromatic carbocycles. The van der Waals surface area contributed by atoms with Crippen molar-refractivity contribution in [1.29, 1.82) is 0 Å². The number of Topliss-reactive ketones (excluding diaryl/α,β-unsaturated/α-hetero) is 1. The van der Waals surface area contributed by atoms with Crippen LogP contribution in [-0.2, 0) is 9.53 Å². The molecule has 1 atom stereocenters. The van der Waals surface area contributed by atoms with Crippen molar-refractivity contribution in [3.63, 3.8) is 0 Å². The van der Waals surface area contributed by atoms with Crippen molar-refractivity contribution in [2.45, 2.75) is 26.9 Å². The van der Waals surface area contributed by atoms with Gasteiger partial charge in [0.2, 0.25) is 6.10 Å². The molecule has 3 rings (SSSR count). The van der Waals surface area contributed by atoms with Crippen LogP contribution < -0.4 is 5.32 Å². The first-order valence-electron chi connectivity index (χ1n) is 9.10. The lowest BCUT2D eigenvalue weighted by molar-refractivity contribution is -0.125. The van der Waals surface area contributed by atoms with Gasteiger partial charge in [-0.25, -0.2) is 4.79 Å². The second-order valence-electron chi connectivity index (χ2n) is 6.65. The van der Waals surface area contributed by atoms with Crippen LogP contribution in [0.4, 0.5) is 5.69 Å². The Kier molecular flexibility index (Phi) is 6.24. The molecule has 0 aliphatic heterocycles. The highest BCUT2D eigenvalue weighted by Gasteiger charge is 2.27. The number of anilines is 1. The van der Waals surface area contributed by atoms with E-state index >= 15 is 0 Å². The van der Waals surface area contributed by atoms with Crippen molar-refractivity contribution in [3.8, 4) is 0 Å². The molecule has 0 bridgehead atoms. The summed E-state index contributed by atoms with van der Waals surface area (Å²) in [6.07, 6.45) is -1.12. The summed E-state index contributed by atoms with van der Waals surface area (Å²) in [6.45, 7) is 5.22. The standard InChI is InChI=1S/C23H21NO4S/c1-14-12-20(16(3)29-14)23(27)28-21(17-8-5-4-6-9-17)22(26)24-19-11-7-10-18(13-19)15(2)25/h4-13,21H,1-3H3,(H,24,26)/t21-/m0/s1. The predicted octanol–water partition coefficient (Wildman–Crippen LogP) is 5.10. The van der Waals surface area contributed by atoms with Crippen molar-refractivity contribution in [3.05, 3.63) is 87.1 Å². The molecule has 1 aromatic heterocycles. The highest BCUT2D eigenvalue weighted by Crippen LogP contribution is 2.26. The lowest BCUT2D eigenvalue weighted by Gasteiger charge is -2.18. The van der Waals surface area contributed by atoms with Crippen molar-refractivity contribution in [2.24, 2.45) is 0 Å². The Labute approximate surface area is 173 Å². The van der Waals surface area contributed by atoms with Crippen LogP contribution in [0.3, 0.4) is 0 Å². The van der Waals surface area contributed by atoms with Crippen molar-refractivity contribution < 1.29 is 19.1 Å². The van der Waals surface area contributed by atoms with Crippen LogP contribution in [0, 0.1) is 13.8 Å². The van der Waals surface area contributed by atoms with Gasteiger partial charge in [0.05, 0.1) is 5.56 Å². The average molecular weight is 407 g/mol. The summed E-state index contributed by atoms with van der Waals surface area (Å²) < 4.78 is 5.62. The normalized spacial score (nSPS) is 11.6. The quantitative estimate of drug-likeness (QED) is 0.456. The summed E-state index contributed by atoms with van der Waals surface area (Å²) >= 11 is 1.50. The third-order valence-corrected chi connectivity index (χ3v) is 5.33. The zero-order valence-corrected chi connectivity index (χ0v) is 17.2. The number of hydrogen-bond donors (Lipinski definition) is 1. The minimum absolute atomic E-state index is 0.101. The van der Waals surface area contributed by atoms with Crippen LogP contribution in [-0.4, -0.2) is 17.7 Å². The van der Waals surface area contributed by atoms with Crippen LogP contribution in [0.2, 0.25) is 0 Å². The summed E-state index contributed by atoms with van der Waals surface area (Å²) in [6, 6.07) is 17.2. The number of ketones is 1. The molecule has 0 saturated carbocycles. The molecular formula is C23H21NO4S. The Morgan fingerprint density at radius 2 is 1.69 bits per heavy atom. The van der Waals surface area contributed by atoms with Gasteiger partial charge in [0.15, 0.2) is 5.78 Å². The van der Waals surface area contributed by atoms with Crippen molar-refractivity contribution in [2.75, 3.05) is 5.32 Å². The van der Waals surface area contributed by atoms with Gasteiger partial charge < -0.3 is 10.1 Å². The maximum absolute atomic E-state index is 13.0. The summed E-state index contributed by atoms with van der Waals surface area (Å²) in [5.41, 5.74) is 1.97. The molecule has 3 aromatic rings. The topological polar surface area (TPSA) is 72.5 Å². The number of amides is 1. The highest BCUT2D eigenvalue weighted by atomic mass is 32.1. The molecule has 5 nitrogen and oxygen atoms in total. The van der Waals surface area contributed by atoms with E-state index in [0.717, 1.165) is 9.75 Å². The van der Waals surface area contributed by atoms with Crippen LogP contribution in [0.1, 0.15) is 49.1 Å². The van der Waals surface area contributed by atoms with E-state index in [0.29, 0.717) is 22.4 Å². The van der Waals surface area contributed by atoms with Gasteiger partial charge in [-0.1, -0.05) is 42.5 Å². The minimum atomic E-state index is -1.12. The van der Waals surface area contributed by atoms with E-state index in [-0.39, 0.29) is 5.78 Å². The molecule has 0 saturated heterocycles. The smallest absolute Gasteiger partial charge is 0.340 e. The minimum Gasteiger partial charge on any atom is -0.444 e. The maximum atomic E-state index is 13.0. The van der Waals surface area contributed by atoms with Gasteiger partial charge in [-0.2, -0.15) is 0 Å². The Balaban J connectivity index is 1.86. The number of nitrogens with one attached hydrogen (secondary N) is 1. The molecule has 0 radical (unpaired) electrons. The molecule has 1 amide bonds. The van der Waals surface area contributed by atoms with Gasteiger partial charge in [0.25, 0.3) is 5.91 Å². The van der Waals surface area contributed by atoms with E-state index < -0.39 is 18.0 Å². The fourth-order valence-corrected chi connectivity index (χ4v) is 3.84. The molecule has 0 unspecified atom stereocenters. The monoisotopic (exact) mass is 407 g/mol. The lowest BCUT2D eigenvalue weighted by Crippen LogP contribution is -2.26. The van der Waals surface area contributed by atoms with Gasteiger partial charge in [0.1, 0.15) is 0 Å². The van der Waals surface area contributed by atoms with Crippen LogP contribution in [0.5, 0.6) is 0 Å². The molecule has 0 spiro atoms. The fourth-order valence-electron chi connectivity index (χ4n) is 2.93. The molecule has 6 heteroatoms. The van der Waals surface area contributed by atoms with Crippen molar-refractivity contribution in [1.82, 2.24) is 0 Å². The van der Waals surface area contributed by atoms with Crippen LogP contribution >= 0.6 is 11.3 Å². The number of rotatable bonds is 6. The fraction of sp³-hybridized carbons (Fsp3) is 0.174. The Morgan fingerprint density at radius 1 is 0.966 bits per heavy atom. The average Bonchev–Trinajstić information content (AvgIpc) is 3.05. The number of carbonyl (C=O) groups is 3. The first-order chi connectivity index (χ1) is 13.8. The molecule has 1 heterocycles. The number of aryl methyl sites for hydroxylation is 2. The molecule has 148 valence electrons. The van der Waals surface area contributed by atoms with E-state index in [2.05, 4.69) is 5.32 Å². The third kappa shape index (κ3) is 4.97. The molecule has 1 N–H and O–H groups in total. The zero-order chi connectivity index (χ0) is 21.0. The van der Waals surface area contributed by atoms with E-state index in [4.69, 9.17) is 4.74 Å². The summed E-state index contributed by atoms with van der Waals surface area (Å²) in [5.74, 6) is -1.14. The van der Waals surface area contributed by atoms with Crippen LogP contribution in [0.25, 0.3) is 0 Å². The summed E-state index contributed by atoms with van der Waals surface area (Å²) in [5, 5.41) is 2.75. The molecule has 0 aliphatic carbocycles. The van der Waals surface area contributed by atoms with E-state index in [9.17, 15) is 14.4 Å². The summed E-state index contributed by atoms with van der Waals surface area (Å²) in [7, 11) is 0. The van der Waals surface area contributed by atoms with Gasteiger partial charge in [-0.05, 0) is 39.0 Å². The van der Waals surface area contributed by atoms with Gasteiger partial charge >= 0.3 is 5.97 Å². The first kappa shape index (κ1) is 20.5. The van der Waals surface area contributed by atoms with Gasteiger partial charge in [-0.3, -0.25) is 9.59 Å². The molecule has 29 heavy (non-hydrogen) atoms. The predicted molar refractivity (Wildman–Crippen MR) is 113 cm³/mol. The number of carbonyl (C=O) groups excluding carboxylic acids is 3. The van der Waals surface area contributed by atoms with Gasteiger partial charge in [0, 0.05) is 26.6 Å². The van der Waals surface area contributed by atoms with E-state index in [1.807, 2.05) is 19.9 Å². The highest BCUT2D eigenvalue weighted by molar-refractivity contribution is 7.12. The molecule has 0 fully saturated rings. The number of esters is 1. The molecular weight excluding hydrogens is 386 g/mol. The third-order valence-electron chi connectivity index (χ3n) is 4.36. The second kappa shape index (κ2) is 8.84. The number of thiophene rings is 1. The SMILES string of the molecule is CC(=O)c1cccc(NC(=O)[C@@H](OC(=O)c2cc(C)sc2C)c2ccccc2)c1. The second-order valence-corrected chi connectivity index (χ2v) is 8.11. The first-order valence-corrected chi connectivity index (χ1v) is 9.91. The Morgan fingerprint density at radius 3 is 2.31 bits per heavy atom. The number of ether oxygens (including phenoxy) is 1. The number of hydrogen-bond acceptors (Lipinski definition) is 5. The zero-order valence-electron chi connectivity index (χ0n) is 16.4. The maximum Gasteiger partial charge on any atom is 0.340 e. The van der Waals surface area contributed by atoms with Gasteiger partial charge in [-0.15, -0.1) is 11.3 Å².